The standard InChI is InChI=1S/C23H22Cl2N4O4/c1-28-21-16(27-22(30)14-5-4-6-15(24)20(14)25)9-10-29(17(21)12-26-28)23(31)13-7-8-18(32-2)19(11-13)33-3/h4-8,11-12,16H,9-10H2,1-3H3,(H,27,30). The summed E-state index contributed by atoms with van der Waals surface area (Å²) in [5.41, 5.74) is 2.10. The van der Waals surface area contributed by atoms with E-state index in [9.17, 15) is 9.59 Å². The molecule has 33 heavy (non-hydrogen) atoms. The highest BCUT2D eigenvalue weighted by Crippen LogP contribution is 2.36. The third-order valence-corrected chi connectivity index (χ3v) is 6.42. The molecule has 2 amide bonds. The Bertz CT molecular complexity index is 1230. The highest BCUT2D eigenvalue weighted by molar-refractivity contribution is 6.43. The molecular weight excluding hydrogens is 467 g/mol. The number of nitrogens with zero attached hydrogens (tertiary/aromatic N) is 3. The zero-order valence-corrected chi connectivity index (χ0v) is 19.8. The minimum Gasteiger partial charge on any atom is -0.493 e. The van der Waals surface area contributed by atoms with Crippen molar-refractivity contribution in [3.8, 4) is 11.5 Å². The summed E-state index contributed by atoms with van der Waals surface area (Å²) >= 11 is 12.3. The topological polar surface area (TPSA) is 85.7 Å². The third-order valence-electron chi connectivity index (χ3n) is 5.60. The molecule has 0 saturated carbocycles. The normalized spacial score (nSPS) is 15.1. The Morgan fingerprint density at radius 2 is 1.88 bits per heavy atom. The molecule has 3 aromatic rings. The fourth-order valence-corrected chi connectivity index (χ4v) is 4.34. The first-order chi connectivity index (χ1) is 15.8. The van der Waals surface area contributed by atoms with Crippen molar-refractivity contribution in [2.45, 2.75) is 12.5 Å². The predicted molar refractivity (Wildman–Crippen MR) is 126 cm³/mol. The van der Waals surface area contributed by atoms with Crippen molar-refractivity contribution < 1.29 is 19.1 Å². The maximum Gasteiger partial charge on any atom is 0.258 e. The molecule has 0 saturated heterocycles. The first kappa shape index (κ1) is 22.9. The number of carbonyl (C=O) groups is 2. The maximum atomic E-state index is 13.3. The van der Waals surface area contributed by atoms with Crippen LogP contribution in [0.2, 0.25) is 10.0 Å². The van der Waals surface area contributed by atoms with Gasteiger partial charge in [-0.2, -0.15) is 5.10 Å². The largest absolute Gasteiger partial charge is 0.493 e. The number of amides is 2. The number of anilines is 1. The van der Waals surface area contributed by atoms with E-state index >= 15 is 0 Å². The van der Waals surface area contributed by atoms with Gasteiger partial charge in [0.15, 0.2) is 11.5 Å². The Labute approximate surface area is 201 Å². The zero-order chi connectivity index (χ0) is 23.7. The van der Waals surface area contributed by atoms with Crippen LogP contribution in [0.25, 0.3) is 0 Å². The summed E-state index contributed by atoms with van der Waals surface area (Å²) in [5, 5.41) is 7.83. The number of aromatic nitrogens is 2. The number of ether oxygens (including phenoxy) is 2. The molecule has 2 aromatic carbocycles. The monoisotopic (exact) mass is 488 g/mol. The first-order valence-corrected chi connectivity index (χ1v) is 10.9. The third kappa shape index (κ3) is 4.24. The summed E-state index contributed by atoms with van der Waals surface area (Å²) in [5.74, 6) is 0.458. The molecule has 1 unspecified atom stereocenters. The summed E-state index contributed by atoms with van der Waals surface area (Å²) in [4.78, 5) is 27.9. The number of carbonyl (C=O) groups excluding carboxylic acids is 2. The van der Waals surface area contributed by atoms with Crippen molar-refractivity contribution in [2.75, 3.05) is 25.7 Å². The number of hydrogen-bond acceptors (Lipinski definition) is 5. The van der Waals surface area contributed by atoms with Gasteiger partial charge >= 0.3 is 0 Å². The van der Waals surface area contributed by atoms with Gasteiger partial charge in [-0.1, -0.05) is 29.3 Å². The van der Waals surface area contributed by atoms with Gasteiger partial charge in [-0.25, -0.2) is 0 Å². The van der Waals surface area contributed by atoms with Gasteiger partial charge in [0, 0.05) is 19.2 Å². The number of aryl methyl sites for hydroxylation is 1. The van der Waals surface area contributed by atoms with Gasteiger partial charge in [-0.05, 0) is 36.8 Å². The van der Waals surface area contributed by atoms with Crippen LogP contribution in [0.5, 0.6) is 11.5 Å². The lowest BCUT2D eigenvalue weighted by Crippen LogP contribution is -2.41. The van der Waals surface area contributed by atoms with Crippen LogP contribution in [0.3, 0.4) is 0 Å². The highest BCUT2D eigenvalue weighted by Gasteiger charge is 2.34. The van der Waals surface area contributed by atoms with Crippen LogP contribution in [0.4, 0.5) is 5.69 Å². The molecule has 8 nitrogen and oxygen atoms in total. The Morgan fingerprint density at radius 1 is 1.12 bits per heavy atom. The molecule has 1 aliphatic rings. The summed E-state index contributed by atoms with van der Waals surface area (Å²) in [7, 11) is 4.83. The molecule has 1 atom stereocenters. The molecule has 0 aliphatic carbocycles. The minimum absolute atomic E-state index is 0.197. The number of halogens is 2. The van der Waals surface area contributed by atoms with Crippen LogP contribution in [0.15, 0.2) is 42.6 Å². The molecule has 10 heteroatoms. The predicted octanol–water partition coefficient (Wildman–Crippen LogP) is 4.27. The van der Waals surface area contributed by atoms with Crippen LogP contribution >= 0.6 is 23.2 Å². The summed E-state index contributed by atoms with van der Waals surface area (Å²) in [6.07, 6.45) is 2.12. The first-order valence-electron chi connectivity index (χ1n) is 10.2. The van der Waals surface area contributed by atoms with Gasteiger partial charge in [-0.3, -0.25) is 14.3 Å². The van der Waals surface area contributed by atoms with E-state index in [0.29, 0.717) is 40.7 Å². The van der Waals surface area contributed by atoms with E-state index in [2.05, 4.69) is 10.4 Å². The molecule has 0 spiro atoms. The number of methoxy groups -OCH3 is 2. The number of hydrogen-bond donors (Lipinski definition) is 1. The molecule has 4 rings (SSSR count). The average molecular weight is 489 g/mol. The van der Waals surface area contributed by atoms with Gasteiger partial charge < -0.3 is 19.7 Å². The van der Waals surface area contributed by atoms with E-state index in [-0.39, 0.29) is 28.4 Å². The van der Waals surface area contributed by atoms with E-state index < -0.39 is 0 Å². The Kier molecular flexibility index (Phi) is 6.49. The number of rotatable bonds is 5. The van der Waals surface area contributed by atoms with Gasteiger partial charge in [0.1, 0.15) is 0 Å². The van der Waals surface area contributed by atoms with Crippen molar-refractivity contribution in [3.63, 3.8) is 0 Å². The second-order valence-corrected chi connectivity index (χ2v) is 8.27. The van der Waals surface area contributed by atoms with Crippen molar-refractivity contribution >= 4 is 40.7 Å². The van der Waals surface area contributed by atoms with E-state index in [1.165, 1.54) is 14.2 Å². The van der Waals surface area contributed by atoms with Crippen LogP contribution in [-0.2, 0) is 7.05 Å². The zero-order valence-electron chi connectivity index (χ0n) is 18.3. The average Bonchev–Trinajstić information content (AvgIpc) is 3.22. The lowest BCUT2D eigenvalue weighted by atomic mass is 10.0. The quantitative estimate of drug-likeness (QED) is 0.579. The SMILES string of the molecule is COc1ccc(C(=O)N2CCC(NC(=O)c3cccc(Cl)c3Cl)c3c2cnn3C)cc1OC. The second-order valence-electron chi connectivity index (χ2n) is 7.48. The molecule has 0 radical (unpaired) electrons. The summed E-state index contributed by atoms with van der Waals surface area (Å²) in [6.45, 7) is 0.389. The Morgan fingerprint density at radius 3 is 2.61 bits per heavy atom. The van der Waals surface area contributed by atoms with Gasteiger partial charge in [-0.15, -0.1) is 0 Å². The molecule has 1 aliphatic heterocycles. The van der Waals surface area contributed by atoms with Crippen molar-refractivity contribution in [1.82, 2.24) is 15.1 Å². The van der Waals surface area contributed by atoms with E-state index in [0.717, 1.165) is 5.69 Å². The Hall–Kier alpha value is -3.23. The van der Waals surface area contributed by atoms with Gasteiger partial charge in [0.05, 0.1) is 53.4 Å². The number of benzene rings is 2. The fourth-order valence-electron chi connectivity index (χ4n) is 3.95. The maximum absolute atomic E-state index is 13.3. The molecule has 0 bridgehead atoms. The summed E-state index contributed by atoms with van der Waals surface area (Å²) in [6, 6.07) is 9.58. The van der Waals surface area contributed by atoms with Crippen molar-refractivity contribution in [1.29, 1.82) is 0 Å². The van der Waals surface area contributed by atoms with Crippen LogP contribution in [0, 0.1) is 0 Å². The molecule has 2 heterocycles. The van der Waals surface area contributed by atoms with Crippen molar-refractivity contribution in [2.24, 2.45) is 7.05 Å². The van der Waals surface area contributed by atoms with E-state index in [4.69, 9.17) is 32.7 Å². The molecule has 1 N–H and O–H groups in total. The second kappa shape index (κ2) is 9.33. The van der Waals surface area contributed by atoms with Crippen molar-refractivity contribution in [3.05, 3.63) is 69.5 Å². The van der Waals surface area contributed by atoms with Gasteiger partial charge in [0.2, 0.25) is 0 Å². The van der Waals surface area contributed by atoms with E-state index in [1.54, 1.807) is 59.2 Å². The number of nitrogens with one attached hydrogen (secondary N) is 1. The molecule has 1 aromatic heterocycles. The Balaban J connectivity index is 1.61. The highest BCUT2D eigenvalue weighted by atomic mass is 35.5. The smallest absolute Gasteiger partial charge is 0.258 e. The van der Waals surface area contributed by atoms with Gasteiger partial charge in [0.25, 0.3) is 11.8 Å². The number of fused-ring (bicyclic) bond motifs is 1. The molecule has 172 valence electrons. The molecule has 0 fully saturated rings. The summed E-state index contributed by atoms with van der Waals surface area (Å²) < 4.78 is 12.2. The van der Waals surface area contributed by atoms with Crippen LogP contribution < -0.4 is 19.7 Å². The minimum atomic E-state index is -0.357. The molecular formula is C23H22Cl2N4O4. The van der Waals surface area contributed by atoms with Crippen LogP contribution in [-0.4, -0.2) is 42.4 Å². The fraction of sp³-hybridized carbons (Fsp3) is 0.261. The van der Waals surface area contributed by atoms with Crippen LogP contribution in [0.1, 0.15) is 38.9 Å². The lowest BCUT2D eigenvalue weighted by molar-refractivity contribution is 0.0931. The van der Waals surface area contributed by atoms with E-state index in [1.807, 2.05) is 0 Å². The lowest BCUT2D eigenvalue weighted by Gasteiger charge is -2.32.